The van der Waals surface area contributed by atoms with Gasteiger partial charge in [0.15, 0.2) is 11.5 Å². The number of ether oxygens (including phenoxy) is 4. The van der Waals surface area contributed by atoms with Crippen molar-refractivity contribution < 1.29 is 28.8 Å². The second-order valence-electron chi connectivity index (χ2n) is 10.4. The highest BCUT2D eigenvalue weighted by atomic mass is 16.6. The molecule has 0 unspecified atom stereocenters. The van der Waals surface area contributed by atoms with Gasteiger partial charge in [0.1, 0.15) is 18.0 Å². The normalized spacial score (nSPS) is 24.0. The van der Waals surface area contributed by atoms with Gasteiger partial charge in [-0.05, 0) is 33.3 Å². The summed E-state index contributed by atoms with van der Waals surface area (Å²) in [6.07, 6.45) is -0.305. The number of carbonyl (C=O) groups excluding carboxylic acids is 1. The van der Waals surface area contributed by atoms with Crippen LogP contribution >= 0.6 is 0 Å². The Hall–Kier alpha value is -3.13. The van der Waals surface area contributed by atoms with Gasteiger partial charge in [-0.3, -0.25) is 4.90 Å². The quantitative estimate of drug-likeness (QED) is 0.627. The second kappa shape index (κ2) is 8.52. The Morgan fingerprint density at radius 1 is 1.06 bits per heavy atom. The topological polar surface area (TPSA) is 80.5 Å². The molecule has 3 aliphatic rings. The van der Waals surface area contributed by atoms with Gasteiger partial charge in [-0.15, -0.1) is 0 Å². The first-order chi connectivity index (χ1) is 16.7. The Morgan fingerprint density at radius 3 is 2.34 bits per heavy atom. The molecule has 1 N–H and O–H groups in total. The summed E-state index contributed by atoms with van der Waals surface area (Å²) in [5, 5.41) is 10.6. The molecule has 3 heterocycles. The standard InChI is InChI=1S/C27H34N2O6/c1-15-23(32-5)22-19(25(24(15)33-6)34-14-16-10-8-7-9-11-16)17(13-30)20-21-18(12-28(20)22)29(21)26(31)35-27(2,3)4/h7-11,17-18,20-21,30H,12-14H2,1-6H3/t17-,18+,20+,21+,29?/m1/s1. The lowest BCUT2D eigenvalue weighted by molar-refractivity contribution is 0.0378. The number of carbonyl (C=O) groups is 1. The van der Waals surface area contributed by atoms with Crippen LogP contribution in [0.25, 0.3) is 0 Å². The van der Waals surface area contributed by atoms with Crippen molar-refractivity contribution in [2.45, 2.75) is 63.9 Å². The molecule has 1 amide bonds. The van der Waals surface area contributed by atoms with Crippen molar-refractivity contribution in [1.29, 1.82) is 0 Å². The van der Waals surface area contributed by atoms with E-state index in [1.807, 2.05) is 62.9 Å². The van der Waals surface area contributed by atoms with E-state index in [9.17, 15) is 9.90 Å². The zero-order valence-corrected chi connectivity index (χ0v) is 21.2. The SMILES string of the molecule is COc1c(C)c(OC)c2c(c1OCc1ccccc1)[C@@H](CO)[C@H]1[C@@H]3[C@H](CN21)N3C(=O)OC(C)(C)C. The molecule has 2 saturated heterocycles. The number of methoxy groups -OCH3 is 2. The minimum atomic E-state index is -0.561. The summed E-state index contributed by atoms with van der Waals surface area (Å²) in [7, 11) is 3.27. The van der Waals surface area contributed by atoms with Crippen molar-refractivity contribution in [3.63, 3.8) is 0 Å². The van der Waals surface area contributed by atoms with Gasteiger partial charge in [0, 0.05) is 23.6 Å². The second-order valence-corrected chi connectivity index (χ2v) is 10.4. The number of hydrogen-bond acceptors (Lipinski definition) is 7. The lowest BCUT2D eigenvalue weighted by Crippen LogP contribution is -2.41. The zero-order valence-electron chi connectivity index (χ0n) is 21.2. The fraction of sp³-hybridized carbons (Fsp3) is 0.519. The van der Waals surface area contributed by atoms with Gasteiger partial charge >= 0.3 is 6.09 Å². The minimum absolute atomic E-state index is 0.0348. The van der Waals surface area contributed by atoms with E-state index in [0.29, 0.717) is 24.7 Å². The first-order valence-electron chi connectivity index (χ1n) is 12.1. The number of amides is 1. The predicted molar refractivity (Wildman–Crippen MR) is 132 cm³/mol. The predicted octanol–water partition coefficient (Wildman–Crippen LogP) is 3.86. The molecule has 0 aliphatic carbocycles. The maximum atomic E-state index is 12.8. The van der Waals surface area contributed by atoms with Crippen LogP contribution in [0.15, 0.2) is 30.3 Å². The van der Waals surface area contributed by atoms with Crippen LogP contribution in [0.1, 0.15) is 43.4 Å². The van der Waals surface area contributed by atoms with Crippen LogP contribution in [-0.2, 0) is 11.3 Å². The van der Waals surface area contributed by atoms with Crippen LogP contribution in [0, 0.1) is 6.92 Å². The molecule has 8 heteroatoms. The Bertz CT molecular complexity index is 1130. The third-order valence-corrected chi connectivity index (χ3v) is 7.18. The number of hydrogen-bond donors (Lipinski definition) is 1. The summed E-state index contributed by atoms with van der Waals surface area (Å²) in [5.41, 5.74) is 3.12. The zero-order chi connectivity index (χ0) is 25.1. The smallest absolute Gasteiger partial charge is 0.411 e. The molecule has 2 aromatic rings. The number of rotatable bonds is 6. The van der Waals surface area contributed by atoms with Gasteiger partial charge in [-0.25, -0.2) is 4.79 Å². The average Bonchev–Trinajstić information content (AvgIpc) is 3.25. The number of piperazine rings is 1. The summed E-state index contributed by atoms with van der Waals surface area (Å²) in [6.45, 7) is 8.50. The highest BCUT2D eigenvalue weighted by Crippen LogP contribution is 2.62. The van der Waals surface area contributed by atoms with Crippen molar-refractivity contribution in [2.24, 2.45) is 0 Å². The maximum Gasteiger partial charge on any atom is 0.411 e. The first-order valence-corrected chi connectivity index (χ1v) is 12.1. The number of fused-ring (bicyclic) bond motifs is 5. The fourth-order valence-corrected chi connectivity index (χ4v) is 5.83. The highest BCUT2D eigenvalue weighted by Gasteiger charge is 2.68. The first kappa shape index (κ1) is 23.6. The molecule has 4 atom stereocenters. The van der Waals surface area contributed by atoms with Gasteiger partial charge in [0.25, 0.3) is 0 Å². The third kappa shape index (κ3) is 3.75. The number of nitrogens with zero attached hydrogens (tertiary/aromatic N) is 2. The fourth-order valence-electron chi connectivity index (χ4n) is 5.83. The molecule has 0 bridgehead atoms. The van der Waals surface area contributed by atoms with Gasteiger partial charge in [-0.2, -0.15) is 0 Å². The molecule has 0 aromatic heterocycles. The Kier molecular flexibility index (Phi) is 5.74. The van der Waals surface area contributed by atoms with Crippen LogP contribution in [0.3, 0.4) is 0 Å². The van der Waals surface area contributed by atoms with Gasteiger partial charge < -0.3 is 29.0 Å². The third-order valence-electron chi connectivity index (χ3n) is 7.18. The molecular weight excluding hydrogens is 448 g/mol. The van der Waals surface area contributed by atoms with Crippen molar-refractivity contribution in [3.05, 3.63) is 47.0 Å². The van der Waals surface area contributed by atoms with Crippen molar-refractivity contribution in [3.8, 4) is 17.2 Å². The molecule has 0 spiro atoms. The molecular formula is C27H34N2O6. The van der Waals surface area contributed by atoms with Crippen molar-refractivity contribution >= 4 is 11.8 Å². The monoisotopic (exact) mass is 482 g/mol. The summed E-state index contributed by atoms with van der Waals surface area (Å²) >= 11 is 0. The van der Waals surface area contributed by atoms with Crippen LogP contribution < -0.4 is 19.1 Å². The summed E-state index contributed by atoms with van der Waals surface area (Å²) in [4.78, 5) is 16.9. The number of aliphatic hydroxyl groups is 1. The van der Waals surface area contributed by atoms with Crippen LogP contribution in [0.4, 0.5) is 10.5 Å². The lowest BCUT2D eigenvalue weighted by atomic mass is 9.91. The molecule has 3 aliphatic heterocycles. The number of benzene rings is 2. The maximum absolute atomic E-state index is 12.8. The summed E-state index contributed by atoms with van der Waals surface area (Å²) in [5.74, 6) is 1.68. The van der Waals surface area contributed by atoms with Crippen LogP contribution in [0.2, 0.25) is 0 Å². The van der Waals surface area contributed by atoms with E-state index in [1.165, 1.54) is 0 Å². The Morgan fingerprint density at radius 2 is 1.74 bits per heavy atom. The molecule has 2 fully saturated rings. The van der Waals surface area contributed by atoms with Crippen LogP contribution in [0.5, 0.6) is 17.2 Å². The Balaban J connectivity index is 1.54. The molecule has 2 aromatic carbocycles. The van der Waals surface area contributed by atoms with Crippen molar-refractivity contribution in [2.75, 3.05) is 32.3 Å². The average molecular weight is 483 g/mol. The van der Waals surface area contributed by atoms with E-state index in [1.54, 1.807) is 14.2 Å². The van der Waals surface area contributed by atoms with E-state index in [0.717, 1.165) is 28.1 Å². The van der Waals surface area contributed by atoms with Gasteiger partial charge in [-0.1, -0.05) is 30.3 Å². The molecule has 35 heavy (non-hydrogen) atoms. The summed E-state index contributed by atoms with van der Waals surface area (Å²) in [6, 6.07) is 9.88. The van der Waals surface area contributed by atoms with E-state index in [4.69, 9.17) is 18.9 Å². The van der Waals surface area contributed by atoms with Gasteiger partial charge in [0.05, 0.1) is 44.6 Å². The van der Waals surface area contributed by atoms with E-state index in [2.05, 4.69) is 4.90 Å². The molecule has 8 nitrogen and oxygen atoms in total. The Labute approximate surface area is 206 Å². The highest BCUT2D eigenvalue weighted by molar-refractivity contribution is 5.83. The van der Waals surface area contributed by atoms with Gasteiger partial charge in [0.2, 0.25) is 0 Å². The van der Waals surface area contributed by atoms with E-state index >= 15 is 0 Å². The minimum Gasteiger partial charge on any atom is -0.494 e. The molecule has 188 valence electrons. The summed E-state index contributed by atoms with van der Waals surface area (Å²) < 4.78 is 23.7. The van der Waals surface area contributed by atoms with E-state index < -0.39 is 5.60 Å². The molecule has 0 saturated carbocycles. The van der Waals surface area contributed by atoms with E-state index in [-0.39, 0.29) is 36.7 Å². The van der Waals surface area contributed by atoms with Crippen LogP contribution in [-0.4, -0.2) is 67.2 Å². The number of aliphatic hydroxyl groups excluding tert-OH is 1. The lowest BCUT2D eigenvalue weighted by Gasteiger charge is -2.29. The molecule has 0 radical (unpaired) electrons. The largest absolute Gasteiger partial charge is 0.494 e. The van der Waals surface area contributed by atoms with Crippen molar-refractivity contribution in [1.82, 2.24) is 4.90 Å². The number of anilines is 1. The molecule has 5 rings (SSSR count).